The van der Waals surface area contributed by atoms with Crippen LogP contribution in [0.15, 0.2) is 24.3 Å². The zero-order valence-electron chi connectivity index (χ0n) is 9.85. The zero-order chi connectivity index (χ0) is 11.6. The first-order chi connectivity index (χ1) is 8.25. The highest BCUT2D eigenvalue weighted by Crippen LogP contribution is 2.71. The molecule has 1 aromatic rings. The molecule has 5 unspecified atom stereocenters. The lowest BCUT2D eigenvalue weighted by atomic mass is 9.94. The molecule has 3 aliphatic carbocycles. The number of nitrogens with two attached hydrogens (primary N) is 1. The Morgan fingerprint density at radius 3 is 2.53 bits per heavy atom. The van der Waals surface area contributed by atoms with Crippen molar-refractivity contribution in [1.29, 1.82) is 0 Å². The molecule has 0 aliphatic heterocycles. The molecule has 90 valence electrons. The summed E-state index contributed by atoms with van der Waals surface area (Å²) in [6.45, 7) is 0. The number of hydrogen-bond acceptors (Lipinski definition) is 1. The fraction of sp³-hybridized carbons (Fsp3) is 0.600. The van der Waals surface area contributed by atoms with Crippen LogP contribution in [0, 0.1) is 29.6 Å². The highest BCUT2D eigenvalue weighted by Gasteiger charge is 2.66. The summed E-state index contributed by atoms with van der Waals surface area (Å²) in [6, 6.07) is 8.33. The van der Waals surface area contributed by atoms with Gasteiger partial charge in [0.2, 0.25) is 0 Å². The van der Waals surface area contributed by atoms with Gasteiger partial charge in [-0.3, -0.25) is 0 Å². The summed E-state index contributed by atoms with van der Waals surface area (Å²) in [5.41, 5.74) is 7.69. The van der Waals surface area contributed by atoms with Crippen molar-refractivity contribution in [1.82, 2.24) is 0 Å². The Kier molecular flexibility index (Phi) is 2.13. The molecule has 17 heavy (non-hydrogen) atoms. The summed E-state index contributed by atoms with van der Waals surface area (Å²) in [5.74, 6) is 4.64. The molecule has 1 nitrogen and oxygen atoms in total. The molecular weight excluding hydrogens is 230 g/mol. The lowest BCUT2D eigenvalue weighted by molar-refractivity contribution is 0.417. The molecule has 0 radical (unpaired) electrons. The van der Waals surface area contributed by atoms with Gasteiger partial charge in [0.05, 0.1) is 0 Å². The smallest absolute Gasteiger partial charge is 0.0409 e. The van der Waals surface area contributed by atoms with Crippen LogP contribution in [-0.2, 0) is 0 Å². The van der Waals surface area contributed by atoms with E-state index in [4.69, 9.17) is 17.3 Å². The second-order valence-electron chi connectivity index (χ2n) is 6.15. The molecule has 0 aromatic heterocycles. The van der Waals surface area contributed by atoms with Crippen molar-refractivity contribution in [2.45, 2.75) is 25.3 Å². The predicted octanol–water partition coefficient (Wildman–Crippen LogP) is 3.63. The van der Waals surface area contributed by atoms with E-state index >= 15 is 0 Å². The maximum Gasteiger partial charge on any atom is 0.0409 e. The van der Waals surface area contributed by atoms with Crippen molar-refractivity contribution in [2.24, 2.45) is 35.3 Å². The molecule has 2 heteroatoms. The van der Waals surface area contributed by atoms with E-state index in [9.17, 15) is 0 Å². The third kappa shape index (κ3) is 1.42. The second kappa shape index (κ2) is 3.49. The van der Waals surface area contributed by atoms with Gasteiger partial charge in [0.15, 0.2) is 0 Å². The van der Waals surface area contributed by atoms with Crippen LogP contribution in [-0.4, -0.2) is 0 Å². The maximum atomic E-state index is 6.45. The van der Waals surface area contributed by atoms with Crippen LogP contribution < -0.4 is 5.73 Å². The first-order valence-corrected chi connectivity index (χ1v) is 7.14. The average Bonchev–Trinajstić information content (AvgIpc) is 2.76. The molecule has 1 aromatic carbocycles. The standard InChI is InChI=1S/C15H18ClN/c16-11-3-1-2-10(7-11)15(17)14-12-8-4-5-9(6-8)13(12)14/h1-3,7-9,12-15H,4-6,17H2. The molecule has 0 saturated heterocycles. The Bertz CT molecular complexity index is 442. The van der Waals surface area contributed by atoms with Crippen LogP contribution >= 0.6 is 11.6 Å². The molecular formula is C15H18ClN. The predicted molar refractivity (Wildman–Crippen MR) is 69.7 cm³/mol. The third-order valence-corrected chi connectivity index (χ3v) is 5.68. The SMILES string of the molecule is NC(c1cccc(Cl)c1)C1C2C3CCC(C3)C21. The van der Waals surface area contributed by atoms with E-state index in [1.807, 2.05) is 18.2 Å². The van der Waals surface area contributed by atoms with Crippen LogP contribution in [0.2, 0.25) is 5.02 Å². The van der Waals surface area contributed by atoms with Gasteiger partial charge < -0.3 is 5.73 Å². The summed E-state index contributed by atoms with van der Waals surface area (Å²) in [5, 5.41) is 0.812. The van der Waals surface area contributed by atoms with Gasteiger partial charge in [0.1, 0.15) is 0 Å². The molecule has 2 bridgehead atoms. The van der Waals surface area contributed by atoms with E-state index in [0.29, 0.717) is 0 Å². The van der Waals surface area contributed by atoms with Crippen molar-refractivity contribution in [3.05, 3.63) is 34.9 Å². The molecule has 3 aliphatic rings. The molecule has 2 N–H and O–H groups in total. The summed E-state index contributed by atoms with van der Waals surface area (Å²) in [4.78, 5) is 0. The first kappa shape index (κ1) is 10.4. The quantitative estimate of drug-likeness (QED) is 0.849. The van der Waals surface area contributed by atoms with Crippen molar-refractivity contribution in [2.75, 3.05) is 0 Å². The maximum absolute atomic E-state index is 6.45. The van der Waals surface area contributed by atoms with Crippen LogP contribution in [0.5, 0.6) is 0 Å². The Hall–Kier alpha value is -0.530. The summed E-state index contributed by atoms with van der Waals surface area (Å²) >= 11 is 6.05. The van der Waals surface area contributed by atoms with Crippen LogP contribution in [0.3, 0.4) is 0 Å². The Labute approximate surface area is 107 Å². The topological polar surface area (TPSA) is 26.0 Å². The molecule has 0 spiro atoms. The second-order valence-corrected chi connectivity index (χ2v) is 6.58. The number of benzene rings is 1. The Morgan fingerprint density at radius 2 is 1.88 bits per heavy atom. The van der Waals surface area contributed by atoms with Crippen LogP contribution in [0.25, 0.3) is 0 Å². The molecule has 0 amide bonds. The van der Waals surface area contributed by atoms with E-state index in [1.165, 1.54) is 24.8 Å². The third-order valence-electron chi connectivity index (χ3n) is 5.44. The van der Waals surface area contributed by atoms with Crippen LogP contribution in [0.4, 0.5) is 0 Å². The molecule has 5 atom stereocenters. The van der Waals surface area contributed by atoms with E-state index in [1.54, 1.807) is 0 Å². The fourth-order valence-corrected chi connectivity index (χ4v) is 5.01. The van der Waals surface area contributed by atoms with E-state index in [-0.39, 0.29) is 6.04 Å². The van der Waals surface area contributed by atoms with Crippen molar-refractivity contribution < 1.29 is 0 Å². The first-order valence-electron chi connectivity index (χ1n) is 6.77. The summed E-state index contributed by atoms with van der Waals surface area (Å²) in [7, 11) is 0. The minimum Gasteiger partial charge on any atom is -0.324 e. The molecule has 3 saturated carbocycles. The number of halogens is 1. The lowest BCUT2D eigenvalue weighted by Crippen LogP contribution is -2.17. The van der Waals surface area contributed by atoms with Gasteiger partial charge in [-0.1, -0.05) is 23.7 Å². The van der Waals surface area contributed by atoms with E-state index in [2.05, 4.69) is 6.07 Å². The number of hydrogen-bond donors (Lipinski definition) is 1. The van der Waals surface area contributed by atoms with Gasteiger partial charge in [-0.25, -0.2) is 0 Å². The van der Waals surface area contributed by atoms with Gasteiger partial charge in [-0.2, -0.15) is 0 Å². The van der Waals surface area contributed by atoms with E-state index < -0.39 is 0 Å². The van der Waals surface area contributed by atoms with Gasteiger partial charge in [0, 0.05) is 11.1 Å². The largest absolute Gasteiger partial charge is 0.324 e. The minimum absolute atomic E-state index is 0.215. The highest BCUT2D eigenvalue weighted by atomic mass is 35.5. The van der Waals surface area contributed by atoms with Crippen LogP contribution in [0.1, 0.15) is 30.9 Å². The Morgan fingerprint density at radius 1 is 1.18 bits per heavy atom. The van der Waals surface area contributed by atoms with Crippen molar-refractivity contribution >= 4 is 11.6 Å². The molecule has 3 fully saturated rings. The summed E-state index contributed by atoms with van der Waals surface area (Å²) in [6.07, 6.45) is 4.42. The average molecular weight is 248 g/mol. The highest BCUT2D eigenvalue weighted by molar-refractivity contribution is 6.30. The van der Waals surface area contributed by atoms with Crippen molar-refractivity contribution in [3.63, 3.8) is 0 Å². The number of fused-ring (bicyclic) bond motifs is 5. The van der Waals surface area contributed by atoms with Gasteiger partial charge in [-0.05, 0) is 66.5 Å². The molecule has 0 heterocycles. The minimum atomic E-state index is 0.215. The zero-order valence-corrected chi connectivity index (χ0v) is 10.6. The van der Waals surface area contributed by atoms with Gasteiger partial charge >= 0.3 is 0 Å². The monoisotopic (exact) mass is 247 g/mol. The summed E-state index contributed by atoms with van der Waals surface area (Å²) < 4.78 is 0. The number of rotatable bonds is 2. The molecule has 4 rings (SSSR count). The fourth-order valence-electron chi connectivity index (χ4n) is 4.81. The van der Waals surface area contributed by atoms with Crippen molar-refractivity contribution in [3.8, 4) is 0 Å². The Balaban J connectivity index is 1.58. The van der Waals surface area contributed by atoms with E-state index in [0.717, 1.165) is 34.6 Å². The lowest BCUT2D eigenvalue weighted by Gasteiger charge is -2.16. The normalized spacial score (nSPS) is 43.5. The van der Waals surface area contributed by atoms with Gasteiger partial charge in [-0.15, -0.1) is 0 Å². The van der Waals surface area contributed by atoms with Gasteiger partial charge in [0.25, 0.3) is 0 Å².